The Labute approximate surface area is 209 Å². The minimum absolute atomic E-state index is 0.00194. The smallest absolute Gasteiger partial charge is 0.410 e. The molecule has 1 aromatic carbocycles. The van der Waals surface area contributed by atoms with Crippen molar-refractivity contribution in [2.45, 2.75) is 97.1 Å². The molecule has 1 unspecified atom stereocenters. The highest BCUT2D eigenvalue weighted by Gasteiger charge is 2.34. The first-order chi connectivity index (χ1) is 16.5. The normalized spacial score (nSPS) is 20.4. The van der Waals surface area contributed by atoms with Gasteiger partial charge in [-0.05, 0) is 64.0 Å². The van der Waals surface area contributed by atoms with E-state index in [0.29, 0.717) is 18.7 Å². The van der Waals surface area contributed by atoms with Gasteiger partial charge in [0.2, 0.25) is 0 Å². The molecule has 1 saturated heterocycles. The minimum Gasteiger partial charge on any atom is -0.444 e. The average Bonchev–Trinajstić information content (AvgIpc) is 2.81. The van der Waals surface area contributed by atoms with Crippen LogP contribution < -0.4 is 5.32 Å². The Bertz CT molecular complexity index is 918. The van der Waals surface area contributed by atoms with Gasteiger partial charge >= 0.3 is 6.09 Å². The summed E-state index contributed by atoms with van der Waals surface area (Å²) in [6, 6.07) is 4.25. The van der Waals surface area contributed by atoms with Crippen LogP contribution in [-0.2, 0) is 9.53 Å². The molecule has 35 heavy (non-hydrogen) atoms. The number of nitrogens with one attached hydrogen (secondary N) is 1. The van der Waals surface area contributed by atoms with E-state index in [2.05, 4.69) is 5.32 Å². The number of ether oxygens (including phenoxy) is 1. The predicted molar refractivity (Wildman–Crippen MR) is 134 cm³/mol. The minimum atomic E-state index is -0.602. The Morgan fingerprint density at radius 3 is 2.37 bits per heavy atom. The number of hydrogen-bond acceptors (Lipinski definition) is 4. The fourth-order valence-electron chi connectivity index (χ4n) is 5.23. The van der Waals surface area contributed by atoms with Crippen LogP contribution in [0.25, 0.3) is 0 Å². The molecule has 7 heteroatoms. The van der Waals surface area contributed by atoms with Crippen molar-refractivity contribution >= 4 is 17.8 Å². The number of Topliss-reactive ketones (excluding diaryl/α,β-unsaturated/α-hetero) is 1. The first-order valence-electron chi connectivity index (χ1n) is 13.1. The number of hydrogen-bond donors (Lipinski definition) is 1. The van der Waals surface area contributed by atoms with Crippen LogP contribution in [0.2, 0.25) is 0 Å². The fraction of sp³-hybridized carbons (Fsp3) is 0.679. The summed E-state index contributed by atoms with van der Waals surface area (Å²) in [5.74, 6) is -1.46. The maximum atomic E-state index is 15.7. The number of likely N-dealkylation sites (tertiary alicyclic amines) is 1. The lowest BCUT2D eigenvalue weighted by Gasteiger charge is -2.34. The van der Waals surface area contributed by atoms with Gasteiger partial charge in [0.1, 0.15) is 11.4 Å². The van der Waals surface area contributed by atoms with E-state index < -0.39 is 29.5 Å². The van der Waals surface area contributed by atoms with E-state index in [-0.39, 0.29) is 29.1 Å². The zero-order valence-electron chi connectivity index (χ0n) is 21.9. The second-order valence-corrected chi connectivity index (χ2v) is 11.4. The summed E-state index contributed by atoms with van der Waals surface area (Å²) in [5.41, 5.74) is -0.222. The molecule has 1 aromatic rings. The van der Waals surface area contributed by atoms with Crippen LogP contribution in [-0.4, -0.2) is 47.4 Å². The molecular formula is C28H41FN2O4. The van der Waals surface area contributed by atoms with Gasteiger partial charge in [-0.25, -0.2) is 9.18 Å². The standard InChI is InChI=1S/C28H41FN2O4/c1-18(2)25(32)24(19-11-7-6-8-12-19)30-26(33)22-15-9-14-21(23(22)29)20-13-10-16-31(17-20)27(34)35-28(3,4)5/h9,14-15,18-20,24H,6-8,10-13,16-17H2,1-5H3,(H,30,33)/t20?,24-/m1/s1. The van der Waals surface area contributed by atoms with Crippen molar-refractivity contribution in [2.75, 3.05) is 13.1 Å². The van der Waals surface area contributed by atoms with Gasteiger partial charge in [-0.3, -0.25) is 9.59 Å². The largest absolute Gasteiger partial charge is 0.444 e. The lowest BCUT2D eigenvalue weighted by molar-refractivity contribution is -0.125. The van der Waals surface area contributed by atoms with Gasteiger partial charge in [-0.1, -0.05) is 45.2 Å². The van der Waals surface area contributed by atoms with Crippen molar-refractivity contribution in [3.63, 3.8) is 0 Å². The molecule has 1 aliphatic carbocycles. The zero-order valence-corrected chi connectivity index (χ0v) is 21.9. The second-order valence-electron chi connectivity index (χ2n) is 11.4. The van der Waals surface area contributed by atoms with Crippen LogP contribution in [0.3, 0.4) is 0 Å². The van der Waals surface area contributed by atoms with Crippen LogP contribution in [0, 0.1) is 17.7 Å². The van der Waals surface area contributed by atoms with Crippen LogP contribution in [0.5, 0.6) is 0 Å². The zero-order chi connectivity index (χ0) is 25.8. The van der Waals surface area contributed by atoms with Crippen LogP contribution in [0.15, 0.2) is 18.2 Å². The summed E-state index contributed by atoms with van der Waals surface area (Å²) in [6.45, 7) is 10.0. The predicted octanol–water partition coefficient (Wildman–Crippen LogP) is 5.84. The quantitative estimate of drug-likeness (QED) is 0.545. The third-order valence-corrected chi connectivity index (χ3v) is 7.07. The van der Waals surface area contributed by atoms with Crippen LogP contribution >= 0.6 is 0 Å². The third kappa shape index (κ3) is 7.05. The molecule has 0 spiro atoms. The molecule has 2 amide bonds. The van der Waals surface area contributed by atoms with Crippen molar-refractivity contribution < 1.29 is 23.5 Å². The number of piperidine rings is 1. The van der Waals surface area contributed by atoms with E-state index in [4.69, 9.17) is 4.74 Å². The molecule has 194 valence electrons. The number of nitrogens with zero attached hydrogens (tertiary/aromatic N) is 1. The van der Waals surface area contributed by atoms with Crippen LogP contribution in [0.4, 0.5) is 9.18 Å². The number of carbonyl (C=O) groups excluding carboxylic acids is 3. The molecule has 6 nitrogen and oxygen atoms in total. The molecule has 3 rings (SSSR count). The lowest BCUT2D eigenvalue weighted by Crippen LogP contribution is -2.48. The van der Waals surface area contributed by atoms with Crippen molar-refractivity contribution in [2.24, 2.45) is 11.8 Å². The Morgan fingerprint density at radius 1 is 1.06 bits per heavy atom. The maximum Gasteiger partial charge on any atom is 0.410 e. The summed E-state index contributed by atoms with van der Waals surface area (Å²) in [7, 11) is 0. The van der Waals surface area contributed by atoms with Gasteiger partial charge in [0.05, 0.1) is 11.6 Å². The molecule has 0 radical (unpaired) electrons. The number of rotatable bonds is 6. The first-order valence-corrected chi connectivity index (χ1v) is 13.1. The van der Waals surface area contributed by atoms with Crippen molar-refractivity contribution in [3.05, 3.63) is 35.1 Å². The summed E-state index contributed by atoms with van der Waals surface area (Å²) in [6.07, 6.45) is 6.07. The number of benzene rings is 1. The van der Waals surface area contributed by atoms with E-state index >= 15 is 4.39 Å². The summed E-state index contributed by atoms with van der Waals surface area (Å²) in [5, 5.41) is 2.89. The van der Waals surface area contributed by atoms with Gasteiger partial charge in [0, 0.05) is 24.9 Å². The Balaban J connectivity index is 1.78. The second kappa shape index (κ2) is 11.5. The molecule has 0 aromatic heterocycles. The molecule has 1 saturated carbocycles. The highest BCUT2D eigenvalue weighted by molar-refractivity contribution is 5.98. The molecule has 1 N–H and O–H groups in total. The average molecular weight is 489 g/mol. The SMILES string of the molecule is CC(C)C(=O)[C@H](NC(=O)c1cccc(C2CCCN(C(=O)OC(C)(C)C)C2)c1F)C1CCCCC1. The van der Waals surface area contributed by atoms with Gasteiger partial charge in [-0.2, -0.15) is 0 Å². The van der Waals surface area contributed by atoms with Gasteiger partial charge in [0.25, 0.3) is 5.91 Å². The fourth-order valence-corrected chi connectivity index (χ4v) is 5.23. The molecule has 2 aliphatic rings. The van der Waals surface area contributed by atoms with Gasteiger partial charge < -0.3 is 15.0 Å². The highest BCUT2D eigenvalue weighted by Crippen LogP contribution is 2.32. The molecule has 1 heterocycles. The first kappa shape index (κ1) is 27.2. The summed E-state index contributed by atoms with van der Waals surface area (Å²) >= 11 is 0. The third-order valence-electron chi connectivity index (χ3n) is 7.07. The lowest BCUT2D eigenvalue weighted by atomic mass is 9.80. The van der Waals surface area contributed by atoms with E-state index in [1.54, 1.807) is 17.0 Å². The van der Waals surface area contributed by atoms with Crippen molar-refractivity contribution in [1.82, 2.24) is 10.2 Å². The number of amides is 2. The van der Waals surface area contributed by atoms with Crippen molar-refractivity contribution in [1.29, 1.82) is 0 Å². The number of ketones is 1. The van der Waals surface area contributed by atoms with E-state index in [1.165, 1.54) is 6.07 Å². The highest BCUT2D eigenvalue weighted by atomic mass is 19.1. The van der Waals surface area contributed by atoms with Crippen LogP contribution in [0.1, 0.15) is 101 Å². The molecule has 2 atom stereocenters. The molecular weight excluding hydrogens is 447 g/mol. The van der Waals surface area contributed by atoms with E-state index in [1.807, 2.05) is 34.6 Å². The summed E-state index contributed by atoms with van der Waals surface area (Å²) in [4.78, 5) is 40.3. The Morgan fingerprint density at radius 2 is 1.74 bits per heavy atom. The number of carbonyl (C=O) groups is 3. The number of halogens is 1. The van der Waals surface area contributed by atoms with E-state index in [9.17, 15) is 14.4 Å². The topological polar surface area (TPSA) is 75.7 Å². The van der Waals surface area contributed by atoms with Gasteiger partial charge in [-0.15, -0.1) is 0 Å². The van der Waals surface area contributed by atoms with Gasteiger partial charge in [0.15, 0.2) is 5.78 Å². The Kier molecular flexibility index (Phi) is 8.94. The van der Waals surface area contributed by atoms with Crippen molar-refractivity contribution in [3.8, 4) is 0 Å². The Hall–Kier alpha value is -2.44. The molecule has 1 aliphatic heterocycles. The monoisotopic (exact) mass is 488 g/mol. The molecule has 0 bridgehead atoms. The maximum absolute atomic E-state index is 15.7. The summed E-state index contributed by atoms with van der Waals surface area (Å²) < 4.78 is 21.2. The molecule has 2 fully saturated rings. The van der Waals surface area contributed by atoms with E-state index in [0.717, 1.165) is 44.9 Å².